The molecule has 0 N–H and O–H groups in total. The van der Waals surface area contributed by atoms with Crippen molar-refractivity contribution in [2.75, 3.05) is 0 Å². The normalized spacial score (nSPS) is 13.8. The number of hydrogen-bond donors (Lipinski definition) is 0. The third-order valence-corrected chi connectivity index (χ3v) is 12.0. The number of pyridine rings is 2. The molecule has 66 heavy (non-hydrogen) atoms. The lowest BCUT2D eigenvalue weighted by atomic mass is 9.95. The SMILES string of the molecule is [2H]c1c([2H])c([2H])c(-c2cccc(-c3c([2H])c([2H])c([2H])c([2H])c3[2H])c2-[n+]2[c-]n(-c3cccc(Oc4ccc5c6ccccc6n(-c6ccc(-n7c8ccccc8c8cccnc87)cn6)c5c4)c3)c3ccccc32)c([2H])c1[2H]. The Morgan fingerprint density at radius 1 is 0.485 bits per heavy atom. The molecule has 7 heteroatoms. The van der Waals surface area contributed by atoms with Crippen molar-refractivity contribution in [2.45, 2.75) is 0 Å². The molecule has 0 saturated carbocycles. The lowest BCUT2D eigenvalue weighted by Crippen LogP contribution is -2.31. The number of imidazole rings is 1. The minimum Gasteiger partial charge on any atom is -0.458 e. The van der Waals surface area contributed by atoms with Gasteiger partial charge in [0, 0.05) is 33.8 Å². The van der Waals surface area contributed by atoms with Gasteiger partial charge >= 0.3 is 0 Å². The van der Waals surface area contributed by atoms with Gasteiger partial charge in [-0.1, -0.05) is 145 Å². The zero-order chi connectivity index (χ0) is 52.3. The molecule has 5 aromatic heterocycles. The predicted octanol–water partition coefficient (Wildman–Crippen LogP) is 13.8. The van der Waals surface area contributed by atoms with Crippen LogP contribution in [0.1, 0.15) is 13.7 Å². The molecule has 0 atom stereocenters. The average molecular weight is 857 g/mol. The Labute approximate surface area is 394 Å². The minimum atomic E-state index is -0.570. The number of rotatable bonds is 8. The van der Waals surface area contributed by atoms with Gasteiger partial charge in [0.15, 0.2) is 0 Å². The van der Waals surface area contributed by atoms with E-state index in [1.165, 1.54) is 0 Å². The van der Waals surface area contributed by atoms with Crippen molar-refractivity contribution in [1.82, 2.24) is 23.7 Å². The van der Waals surface area contributed by atoms with Crippen molar-refractivity contribution in [1.29, 1.82) is 0 Å². The molecule has 0 spiro atoms. The van der Waals surface area contributed by atoms with Crippen LogP contribution in [0.5, 0.6) is 11.5 Å². The number of benzene rings is 8. The first-order valence-corrected chi connectivity index (χ1v) is 21.2. The van der Waals surface area contributed by atoms with Crippen molar-refractivity contribution >= 4 is 54.8 Å². The van der Waals surface area contributed by atoms with E-state index in [2.05, 4.69) is 51.9 Å². The number of fused-ring (bicyclic) bond motifs is 7. The molecule has 0 aliphatic carbocycles. The first kappa shape index (κ1) is 28.6. The van der Waals surface area contributed by atoms with Gasteiger partial charge in [-0.3, -0.25) is 18.3 Å². The van der Waals surface area contributed by atoms with Gasteiger partial charge in [0.2, 0.25) is 0 Å². The highest BCUT2D eigenvalue weighted by atomic mass is 16.5. The van der Waals surface area contributed by atoms with Gasteiger partial charge in [0.25, 0.3) is 6.33 Å². The van der Waals surface area contributed by atoms with Crippen LogP contribution in [-0.2, 0) is 0 Å². The maximum absolute atomic E-state index is 9.03. The first-order valence-electron chi connectivity index (χ1n) is 26.2. The van der Waals surface area contributed by atoms with Gasteiger partial charge in [-0.2, -0.15) is 0 Å². The monoisotopic (exact) mass is 856 g/mol. The van der Waals surface area contributed by atoms with Gasteiger partial charge < -0.3 is 4.74 Å². The van der Waals surface area contributed by atoms with Crippen LogP contribution in [0, 0.1) is 6.33 Å². The summed E-state index contributed by atoms with van der Waals surface area (Å²) in [6.07, 6.45) is 7.12. The van der Waals surface area contributed by atoms with Crippen LogP contribution >= 0.6 is 0 Å². The predicted molar refractivity (Wildman–Crippen MR) is 265 cm³/mol. The number of ether oxygens (including phenoxy) is 1. The van der Waals surface area contributed by atoms with Crippen LogP contribution < -0.4 is 9.30 Å². The highest BCUT2D eigenvalue weighted by molar-refractivity contribution is 6.10. The molecule has 0 bridgehead atoms. The highest BCUT2D eigenvalue weighted by Crippen LogP contribution is 2.38. The van der Waals surface area contributed by atoms with E-state index in [1.54, 1.807) is 33.5 Å². The maximum atomic E-state index is 9.03. The van der Waals surface area contributed by atoms with Gasteiger partial charge in [-0.15, -0.1) is 0 Å². The van der Waals surface area contributed by atoms with Gasteiger partial charge in [-0.25, -0.2) is 9.97 Å². The van der Waals surface area contributed by atoms with E-state index in [0.29, 0.717) is 34.0 Å². The molecule has 0 amide bonds. The van der Waals surface area contributed by atoms with Gasteiger partial charge in [0.05, 0.1) is 64.6 Å². The summed E-state index contributed by atoms with van der Waals surface area (Å²) < 4.78 is 102. The quantitative estimate of drug-likeness (QED) is 0.113. The molecule has 0 saturated heterocycles. The van der Waals surface area contributed by atoms with Crippen LogP contribution in [-0.4, -0.2) is 23.7 Å². The van der Waals surface area contributed by atoms with Crippen molar-refractivity contribution < 1.29 is 23.0 Å². The summed E-state index contributed by atoms with van der Waals surface area (Å²) in [7, 11) is 0. The van der Waals surface area contributed by atoms with Crippen molar-refractivity contribution in [3.05, 3.63) is 237 Å². The lowest BCUT2D eigenvalue weighted by Gasteiger charge is -2.17. The fourth-order valence-electron chi connectivity index (χ4n) is 9.16. The molecular weight excluding hydrogens is 809 g/mol. The Morgan fingerprint density at radius 3 is 1.86 bits per heavy atom. The number of nitrogens with zero attached hydrogens (tertiary/aromatic N) is 6. The van der Waals surface area contributed by atoms with E-state index in [1.807, 2.05) is 109 Å². The fourth-order valence-corrected chi connectivity index (χ4v) is 9.16. The summed E-state index contributed by atoms with van der Waals surface area (Å²) in [5.41, 5.74) is 6.65. The van der Waals surface area contributed by atoms with E-state index in [0.717, 1.165) is 49.4 Å². The van der Waals surface area contributed by atoms with Crippen molar-refractivity contribution in [2.24, 2.45) is 0 Å². The average Bonchev–Trinajstić information content (AvgIpc) is 4.16. The van der Waals surface area contributed by atoms with E-state index in [9.17, 15) is 0 Å². The summed E-state index contributed by atoms with van der Waals surface area (Å²) in [6, 6.07) is 44.9. The van der Waals surface area contributed by atoms with E-state index in [4.69, 9.17) is 28.4 Å². The topological polar surface area (TPSA) is 53.7 Å². The van der Waals surface area contributed by atoms with E-state index < -0.39 is 60.4 Å². The molecule has 7 nitrogen and oxygen atoms in total. The smallest absolute Gasteiger partial charge is 0.269 e. The second kappa shape index (κ2) is 15.3. The van der Waals surface area contributed by atoms with Crippen molar-refractivity contribution in [3.63, 3.8) is 0 Å². The molecule has 0 fully saturated rings. The van der Waals surface area contributed by atoms with Crippen LogP contribution in [0.4, 0.5) is 0 Å². The van der Waals surface area contributed by atoms with Crippen LogP contribution in [0.25, 0.3) is 99.9 Å². The molecule has 0 aliphatic rings. The van der Waals surface area contributed by atoms with Crippen LogP contribution in [0.2, 0.25) is 0 Å². The summed E-state index contributed by atoms with van der Waals surface area (Å²) in [5, 5.41) is 4.24. The first-order chi connectivity index (χ1) is 36.9. The molecule has 0 unspecified atom stereocenters. The second-order valence-corrected chi connectivity index (χ2v) is 15.7. The third kappa shape index (κ3) is 6.09. The van der Waals surface area contributed by atoms with E-state index >= 15 is 0 Å². The minimum absolute atomic E-state index is 0.135. The van der Waals surface area contributed by atoms with Crippen molar-refractivity contribution in [3.8, 4) is 56.6 Å². The number of para-hydroxylation sites is 5. The molecule has 0 aliphatic heterocycles. The summed E-state index contributed by atoms with van der Waals surface area (Å²) in [6.45, 7) is 0. The fraction of sp³-hybridized carbons (Fsp3) is 0. The molecule has 13 rings (SSSR count). The Bertz CT molecular complexity index is 4390. The van der Waals surface area contributed by atoms with E-state index in [-0.39, 0.29) is 27.9 Å². The third-order valence-electron chi connectivity index (χ3n) is 12.0. The Morgan fingerprint density at radius 2 is 1.12 bits per heavy atom. The highest BCUT2D eigenvalue weighted by Gasteiger charge is 2.21. The Balaban J connectivity index is 0.929. The maximum Gasteiger partial charge on any atom is 0.269 e. The summed E-state index contributed by atoms with van der Waals surface area (Å²) >= 11 is 0. The molecule has 0 radical (unpaired) electrons. The Hall–Kier alpha value is -9.07. The Kier molecular flexibility index (Phi) is 6.64. The standard InChI is InChI=1S/C59H38N6O/c1-3-16-40(17-4-1)46-24-14-25-47(41-18-5-2-6-19-41)58(46)63-39-62(54-29-11-12-30-55(54)63)42-20-13-21-44(36-42)66-45-32-33-50-48-22-7-10-28-53(48)65(56(50)37-45)57-34-31-43(38-61-57)64-52-27-9-8-23-49(52)51-26-15-35-60-59(51)64/h1-38H/i1D,2D,3D,4D,5D,6D,16D,17D,18D,19D. The van der Waals surface area contributed by atoms with Crippen LogP contribution in [0.3, 0.4) is 0 Å². The number of aromatic nitrogens is 6. The zero-order valence-electron chi connectivity index (χ0n) is 44.8. The largest absolute Gasteiger partial charge is 0.458 e. The molecular formula is C59H38N6O. The molecule has 13 aromatic rings. The zero-order valence-corrected chi connectivity index (χ0v) is 34.8. The lowest BCUT2D eigenvalue weighted by molar-refractivity contribution is -0.571. The molecule has 310 valence electrons. The van der Waals surface area contributed by atoms with Crippen LogP contribution in [0.15, 0.2) is 231 Å². The second-order valence-electron chi connectivity index (χ2n) is 15.7. The number of hydrogen-bond acceptors (Lipinski definition) is 3. The molecule has 5 heterocycles. The van der Waals surface area contributed by atoms with Gasteiger partial charge in [-0.05, 0) is 89.0 Å². The van der Waals surface area contributed by atoms with Gasteiger partial charge in [0.1, 0.15) is 23.0 Å². The molecule has 8 aromatic carbocycles. The summed E-state index contributed by atoms with van der Waals surface area (Å²) in [4.78, 5) is 9.82. The summed E-state index contributed by atoms with van der Waals surface area (Å²) in [5.74, 6) is 1.78.